The number of rotatable bonds is 4. The molecule has 0 aliphatic carbocycles. The number of aryl methyl sites for hydroxylation is 1. The number of nitrogens with zero attached hydrogens (tertiary/aromatic N) is 2. The van der Waals surface area contributed by atoms with E-state index >= 15 is 0 Å². The third kappa shape index (κ3) is 3.72. The molecule has 0 radical (unpaired) electrons. The smallest absolute Gasteiger partial charge is 0.259 e. The SMILES string of the molecule is CNC(=O)c1ccc(NC(=O)c2cnn(-c3ccc(F)cc3)c2C)c(C)c1. The van der Waals surface area contributed by atoms with Gasteiger partial charge in [-0.2, -0.15) is 5.10 Å². The van der Waals surface area contributed by atoms with Crippen molar-refractivity contribution in [2.75, 3.05) is 12.4 Å². The zero-order chi connectivity index (χ0) is 19.6. The fourth-order valence-electron chi connectivity index (χ4n) is 2.75. The van der Waals surface area contributed by atoms with Crippen molar-refractivity contribution in [2.24, 2.45) is 0 Å². The lowest BCUT2D eigenvalue weighted by atomic mass is 10.1. The second-order valence-corrected chi connectivity index (χ2v) is 6.09. The van der Waals surface area contributed by atoms with Crippen molar-refractivity contribution >= 4 is 17.5 Å². The molecule has 0 spiro atoms. The molecule has 2 N–H and O–H groups in total. The normalized spacial score (nSPS) is 10.5. The molecule has 1 heterocycles. The Morgan fingerprint density at radius 2 is 1.74 bits per heavy atom. The summed E-state index contributed by atoms with van der Waals surface area (Å²) in [5.74, 6) is -0.832. The van der Waals surface area contributed by atoms with Gasteiger partial charge in [0.1, 0.15) is 5.82 Å². The van der Waals surface area contributed by atoms with Crippen LogP contribution in [0.3, 0.4) is 0 Å². The zero-order valence-electron chi connectivity index (χ0n) is 15.2. The largest absolute Gasteiger partial charge is 0.355 e. The predicted molar refractivity (Wildman–Crippen MR) is 101 cm³/mol. The van der Waals surface area contributed by atoms with E-state index < -0.39 is 0 Å². The first kappa shape index (κ1) is 18.3. The first-order valence-electron chi connectivity index (χ1n) is 8.35. The number of carbonyl (C=O) groups is 2. The summed E-state index contributed by atoms with van der Waals surface area (Å²) in [5.41, 5.74) is 3.62. The molecule has 3 aromatic rings. The Morgan fingerprint density at radius 3 is 2.37 bits per heavy atom. The summed E-state index contributed by atoms with van der Waals surface area (Å²) in [6.45, 7) is 3.59. The number of anilines is 1. The van der Waals surface area contributed by atoms with Crippen LogP contribution in [0, 0.1) is 19.7 Å². The maximum Gasteiger partial charge on any atom is 0.259 e. The van der Waals surface area contributed by atoms with Gasteiger partial charge in [-0.05, 0) is 61.9 Å². The van der Waals surface area contributed by atoms with E-state index in [0.29, 0.717) is 28.2 Å². The molecule has 0 saturated carbocycles. The van der Waals surface area contributed by atoms with E-state index in [0.717, 1.165) is 5.56 Å². The molecular formula is C20H19FN4O2. The average molecular weight is 366 g/mol. The first-order chi connectivity index (χ1) is 12.9. The van der Waals surface area contributed by atoms with Crippen LogP contribution in [0.15, 0.2) is 48.7 Å². The van der Waals surface area contributed by atoms with Gasteiger partial charge in [-0.15, -0.1) is 0 Å². The Morgan fingerprint density at radius 1 is 1.04 bits per heavy atom. The molecule has 0 fully saturated rings. The number of carbonyl (C=O) groups excluding carboxylic acids is 2. The standard InChI is InChI=1S/C20H19FN4O2/c1-12-10-14(19(26)22-3)4-9-18(12)24-20(27)17-11-23-25(13(17)2)16-7-5-15(21)6-8-16/h4-11H,1-3H3,(H,22,26)(H,24,27). The highest BCUT2D eigenvalue weighted by Crippen LogP contribution is 2.20. The van der Waals surface area contributed by atoms with Crippen molar-refractivity contribution < 1.29 is 14.0 Å². The van der Waals surface area contributed by atoms with Gasteiger partial charge in [0, 0.05) is 18.3 Å². The molecule has 0 aliphatic rings. The van der Waals surface area contributed by atoms with Crippen molar-refractivity contribution in [1.29, 1.82) is 0 Å². The number of amides is 2. The zero-order valence-corrected chi connectivity index (χ0v) is 15.2. The quantitative estimate of drug-likeness (QED) is 0.744. The van der Waals surface area contributed by atoms with Gasteiger partial charge in [0.25, 0.3) is 11.8 Å². The van der Waals surface area contributed by atoms with Crippen molar-refractivity contribution in [1.82, 2.24) is 15.1 Å². The number of halogens is 1. The van der Waals surface area contributed by atoms with Gasteiger partial charge in [0.2, 0.25) is 0 Å². The molecule has 0 saturated heterocycles. The van der Waals surface area contributed by atoms with Crippen LogP contribution in [0.5, 0.6) is 0 Å². The van der Waals surface area contributed by atoms with Crippen LogP contribution in [0.2, 0.25) is 0 Å². The van der Waals surface area contributed by atoms with Crippen LogP contribution in [-0.2, 0) is 0 Å². The molecular weight excluding hydrogens is 347 g/mol. The summed E-state index contributed by atoms with van der Waals surface area (Å²) in [7, 11) is 1.56. The summed E-state index contributed by atoms with van der Waals surface area (Å²) in [6, 6.07) is 10.9. The van der Waals surface area contributed by atoms with Crippen LogP contribution in [-0.4, -0.2) is 28.6 Å². The predicted octanol–water partition coefficient (Wildman–Crippen LogP) is 3.24. The van der Waals surface area contributed by atoms with Gasteiger partial charge in [0.15, 0.2) is 0 Å². The minimum Gasteiger partial charge on any atom is -0.355 e. The summed E-state index contributed by atoms with van der Waals surface area (Å²) < 4.78 is 14.7. The van der Waals surface area contributed by atoms with E-state index in [4.69, 9.17) is 0 Å². The van der Waals surface area contributed by atoms with E-state index in [-0.39, 0.29) is 17.6 Å². The minimum absolute atomic E-state index is 0.188. The Labute approximate surface area is 156 Å². The monoisotopic (exact) mass is 366 g/mol. The molecule has 0 atom stereocenters. The van der Waals surface area contributed by atoms with E-state index in [1.807, 2.05) is 6.92 Å². The molecule has 1 aromatic heterocycles. The molecule has 6 nitrogen and oxygen atoms in total. The van der Waals surface area contributed by atoms with Crippen LogP contribution in [0.1, 0.15) is 32.0 Å². The van der Waals surface area contributed by atoms with Gasteiger partial charge < -0.3 is 10.6 Å². The number of aromatic nitrogens is 2. The van der Waals surface area contributed by atoms with Crippen LogP contribution >= 0.6 is 0 Å². The molecule has 2 aromatic carbocycles. The topological polar surface area (TPSA) is 76.0 Å². The summed E-state index contributed by atoms with van der Waals surface area (Å²) in [4.78, 5) is 24.3. The lowest BCUT2D eigenvalue weighted by Gasteiger charge is -2.10. The summed E-state index contributed by atoms with van der Waals surface area (Å²) >= 11 is 0. The number of hydrogen-bond acceptors (Lipinski definition) is 3. The second-order valence-electron chi connectivity index (χ2n) is 6.09. The molecule has 27 heavy (non-hydrogen) atoms. The maximum atomic E-state index is 13.1. The molecule has 0 aliphatic heterocycles. The molecule has 0 unspecified atom stereocenters. The van der Waals surface area contributed by atoms with Crippen molar-refractivity contribution in [3.63, 3.8) is 0 Å². The molecule has 138 valence electrons. The van der Waals surface area contributed by atoms with E-state index in [1.54, 1.807) is 49.0 Å². The van der Waals surface area contributed by atoms with Crippen LogP contribution in [0.4, 0.5) is 10.1 Å². The number of hydrogen-bond donors (Lipinski definition) is 2. The highest BCUT2D eigenvalue weighted by molar-refractivity contribution is 6.05. The highest BCUT2D eigenvalue weighted by Gasteiger charge is 2.16. The Bertz CT molecular complexity index is 1010. The third-order valence-corrected chi connectivity index (χ3v) is 4.29. The highest BCUT2D eigenvalue weighted by atomic mass is 19.1. The van der Waals surface area contributed by atoms with Crippen molar-refractivity contribution in [3.05, 3.63) is 76.9 Å². The first-order valence-corrected chi connectivity index (χ1v) is 8.35. The van der Waals surface area contributed by atoms with Crippen LogP contribution < -0.4 is 10.6 Å². The average Bonchev–Trinajstić information content (AvgIpc) is 3.05. The second kappa shape index (κ2) is 7.41. The minimum atomic E-state index is -0.336. The fourth-order valence-corrected chi connectivity index (χ4v) is 2.75. The van der Waals surface area contributed by atoms with Gasteiger partial charge in [-0.25, -0.2) is 9.07 Å². The molecule has 2 amide bonds. The molecule has 7 heteroatoms. The van der Waals surface area contributed by atoms with Gasteiger partial charge in [0.05, 0.1) is 23.1 Å². The van der Waals surface area contributed by atoms with Gasteiger partial charge in [-0.1, -0.05) is 0 Å². The van der Waals surface area contributed by atoms with Gasteiger partial charge in [-0.3, -0.25) is 9.59 Å². The van der Waals surface area contributed by atoms with Crippen LogP contribution in [0.25, 0.3) is 5.69 Å². The summed E-state index contributed by atoms with van der Waals surface area (Å²) in [5, 5.41) is 9.63. The number of nitrogens with one attached hydrogen (secondary N) is 2. The molecule has 3 rings (SSSR count). The number of benzene rings is 2. The van der Waals surface area contributed by atoms with Crippen molar-refractivity contribution in [2.45, 2.75) is 13.8 Å². The Balaban J connectivity index is 1.83. The van der Waals surface area contributed by atoms with Gasteiger partial charge >= 0.3 is 0 Å². The molecule has 0 bridgehead atoms. The van der Waals surface area contributed by atoms with E-state index in [9.17, 15) is 14.0 Å². The lowest BCUT2D eigenvalue weighted by Crippen LogP contribution is -2.18. The van der Waals surface area contributed by atoms with E-state index in [1.165, 1.54) is 18.3 Å². The Hall–Kier alpha value is -3.48. The van der Waals surface area contributed by atoms with E-state index in [2.05, 4.69) is 15.7 Å². The van der Waals surface area contributed by atoms with Crippen molar-refractivity contribution in [3.8, 4) is 5.69 Å². The Kier molecular flexibility index (Phi) is 5.03. The maximum absolute atomic E-state index is 13.1. The lowest BCUT2D eigenvalue weighted by molar-refractivity contribution is 0.0962. The third-order valence-electron chi connectivity index (χ3n) is 4.29. The summed E-state index contributed by atoms with van der Waals surface area (Å²) in [6.07, 6.45) is 1.47. The fraction of sp³-hybridized carbons (Fsp3) is 0.150.